The van der Waals surface area contributed by atoms with Gasteiger partial charge in [-0.3, -0.25) is 9.79 Å². The maximum Gasteiger partial charge on any atom is 0.267 e. The Morgan fingerprint density at radius 1 is 1.19 bits per heavy atom. The van der Waals surface area contributed by atoms with Gasteiger partial charge in [0.05, 0.1) is 6.54 Å². The molecule has 1 aliphatic rings. The third-order valence-corrected chi connectivity index (χ3v) is 5.99. The van der Waals surface area contributed by atoms with Gasteiger partial charge >= 0.3 is 0 Å². The summed E-state index contributed by atoms with van der Waals surface area (Å²) >= 11 is 2.78. The van der Waals surface area contributed by atoms with Gasteiger partial charge < -0.3 is 10.1 Å². The molecular formula is C19H15FN2O2S2. The number of aliphatic imine (C=N–C) groups is 1. The van der Waals surface area contributed by atoms with Gasteiger partial charge in [-0.25, -0.2) is 4.39 Å². The second-order valence-electron chi connectivity index (χ2n) is 5.61. The molecule has 0 bridgehead atoms. The van der Waals surface area contributed by atoms with Crippen LogP contribution in [0.4, 0.5) is 4.39 Å². The molecule has 1 aliphatic heterocycles. The molecule has 4 nitrogen and oxygen atoms in total. The molecule has 2 aromatic carbocycles. The van der Waals surface area contributed by atoms with Crippen LogP contribution in [-0.4, -0.2) is 23.4 Å². The minimum absolute atomic E-state index is 0.118. The first-order valence-electron chi connectivity index (χ1n) is 8.09. The van der Waals surface area contributed by atoms with Crippen molar-refractivity contribution in [1.82, 2.24) is 5.32 Å². The highest BCUT2D eigenvalue weighted by molar-refractivity contribution is 8.14. The van der Waals surface area contributed by atoms with Gasteiger partial charge in [-0.05, 0) is 24.3 Å². The molecule has 0 spiro atoms. The molecule has 1 aromatic heterocycles. The average Bonchev–Trinajstić information content (AvgIpc) is 3.29. The second-order valence-corrected chi connectivity index (χ2v) is 7.75. The Morgan fingerprint density at radius 3 is 2.81 bits per heavy atom. The summed E-state index contributed by atoms with van der Waals surface area (Å²) < 4.78 is 21.0. The predicted octanol–water partition coefficient (Wildman–Crippen LogP) is 4.45. The van der Waals surface area contributed by atoms with Gasteiger partial charge in [-0.15, -0.1) is 11.3 Å². The SMILES string of the molecule is O=C(NC1=NCCS1)c1sc2cccc(F)c2c1COc1ccccc1. The van der Waals surface area contributed by atoms with Crippen molar-refractivity contribution in [3.05, 3.63) is 64.8 Å². The second kappa shape index (κ2) is 7.47. The number of thioether (sulfide) groups is 1. The lowest BCUT2D eigenvalue weighted by Crippen LogP contribution is -2.27. The number of amides is 1. The van der Waals surface area contributed by atoms with Crippen LogP contribution >= 0.6 is 23.1 Å². The highest BCUT2D eigenvalue weighted by atomic mass is 32.2. The number of thiophene rings is 1. The van der Waals surface area contributed by atoms with Crippen LogP contribution in [0.1, 0.15) is 15.2 Å². The normalized spacial score (nSPS) is 13.7. The molecule has 2 heterocycles. The summed E-state index contributed by atoms with van der Waals surface area (Å²) in [4.78, 5) is 17.4. The maximum atomic E-state index is 14.4. The third kappa shape index (κ3) is 3.45. The van der Waals surface area contributed by atoms with Gasteiger partial charge in [0.15, 0.2) is 5.17 Å². The van der Waals surface area contributed by atoms with E-state index in [0.29, 0.717) is 33.3 Å². The Hall–Kier alpha value is -2.38. The minimum atomic E-state index is -0.350. The summed E-state index contributed by atoms with van der Waals surface area (Å²) in [5.41, 5.74) is 0.563. The van der Waals surface area contributed by atoms with Gasteiger partial charge in [0.1, 0.15) is 23.1 Å². The molecule has 0 unspecified atom stereocenters. The Labute approximate surface area is 158 Å². The van der Waals surface area contributed by atoms with E-state index in [0.717, 1.165) is 10.5 Å². The molecule has 0 fully saturated rings. The minimum Gasteiger partial charge on any atom is -0.489 e. The first kappa shape index (κ1) is 17.1. The highest BCUT2D eigenvalue weighted by Gasteiger charge is 2.23. The number of amidine groups is 1. The van der Waals surface area contributed by atoms with Crippen LogP contribution < -0.4 is 10.1 Å². The summed E-state index contributed by atoms with van der Waals surface area (Å²) in [6, 6.07) is 14.1. The highest BCUT2D eigenvalue weighted by Crippen LogP contribution is 2.34. The van der Waals surface area contributed by atoms with Gasteiger partial charge in [-0.1, -0.05) is 36.0 Å². The lowest BCUT2D eigenvalue weighted by Gasteiger charge is -2.09. The summed E-state index contributed by atoms with van der Waals surface area (Å²) in [5.74, 6) is 0.911. The zero-order valence-corrected chi connectivity index (χ0v) is 15.3. The zero-order valence-electron chi connectivity index (χ0n) is 13.7. The molecule has 1 amide bonds. The Morgan fingerprint density at radius 2 is 2.04 bits per heavy atom. The van der Waals surface area contributed by atoms with E-state index in [2.05, 4.69) is 10.3 Å². The number of halogens is 1. The topological polar surface area (TPSA) is 50.7 Å². The van der Waals surface area contributed by atoms with E-state index in [1.54, 1.807) is 6.07 Å². The number of rotatable bonds is 4. The molecule has 0 atom stereocenters. The van der Waals surface area contributed by atoms with E-state index in [4.69, 9.17) is 4.74 Å². The number of nitrogens with one attached hydrogen (secondary N) is 1. The van der Waals surface area contributed by atoms with E-state index in [1.165, 1.54) is 29.2 Å². The molecule has 1 N–H and O–H groups in total. The van der Waals surface area contributed by atoms with Crippen LogP contribution in [-0.2, 0) is 6.61 Å². The van der Waals surface area contributed by atoms with E-state index < -0.39 is 0 Å². The molecule has 0 aliphatic carbocycles. The van der Waals surface area contributed by atoms with Gasteiger partial charge in [-0.2, -0.15) is 0 Å². The lowest BCUT2D eigenvalue weighted by atomic mass is 10.1. The van der Waals surface area contributed by atoms with Crippen LogP contribution in [0, 0.1) is 5.82 Å². The van der Waals surface area contributed by atoms with Crippen molar-refractivity contribution in [3.63, 3.8) is 0 Å². The number of carbonyl (C=O) groups excluding carboxylic acids is 1. The van der Waals surface area contributed by atoms with Crippen molar-refractivity contribution < 1.29 is 13.9 Å². The number of benzene rings is 2. The number of hydrogen-bond acceptors (Lipinski definition) is 5. The number of para-hydroxylation sites is 1. The van der Waals surface area contributed by atoms with Crippen molar-refractivity contribution in [2.24, 2.45) is 4.99 Å². The van der Waals surface area contributed by atoms with Crippen LogP contribution in [0.3, 0.4) is 0 Å². The molecule has 7 heteroatoms. The van der Waals surface area contributed by atoms with Crippen molar-refractivity contribution >= 4 is 44.3 Å². The van der Waals surface area contributed by atoms with Crippen molar-refractivity contribution in [2.45, 2.75) is 6.61 Å². The van der Waals surface area contributed by atoms with Crippen LogP contribution in [0.5, 0.6) is 5.75 Å². The van der Waals surface area contributed by atoms with Crippen LogP contribution in [0.25, 0.3) is 10.1 Å². The van der Waals surface area contributed by atoms with Gasteiger partial charge in [0.25, 0.3) is 5.91 Å². The van der Waals surface area contributed by atoms with Crippen molar-refractivity contribution in [2.75, 3.05) is 12.3 Å². The van der Waals surface area contributed by atoms with Crippen LogP contribution in [0.15, 0.2) is 53.5 Å². The largest absolute Gasteiger partial charge is 0.489 e. The fourth-order valence-corrected chi connectivity index (χ4v) is 4.57. The van der Waals surface area contributed by atoms with Gasteiger partial charge in [0.2, 0.25) is 0 Å². The number of hydrogen-bond donors (Lipinski definition) is 1. The number of ether oxygens (including phenoxy) is 1. The van der Waals surface area contributed by atoms with E-state index in [9.17, 15) is 9.18 Å². The monoisotopic (exact) mass is 386 g/mol. The van der Waals surface area contributed by atoms with Gasteiger partial charge in [0, 0.05) is 21.4 Å². The molecule has 0 radical (unpaired) electrons. The molecule has 26 heavy (non-hydrogen) atoms. The average molecular weight is 386 g/mol. The quantitative estimate of drug-likeness (QED) is 0.721. The first-order chi connectivity index (χ1) is 12.7. The molecular weight excluding hydrogens is 371 g/mol. The van der Waals surface area contributed by atoms with Crippen molar-refractivity contribution in [3.8, 4) is 5.75 Å². The molecule has 0 saturated carbocycles. The fraction of sp³-hybridized carbons (Fsp3) is 0.158. The Balaban J connectivity index is 1.69. The third-order valence-electron chi connectivity index (χ3n) is 3.90. The first-order valence-corrected chi connectivity index (χ1v) is 9.89. The number of nitrogens with zero attached hydrogens (tertiary/aromatic N) is 1. The summed E-state index contributed by atoms with van der Waals surface area (Å²) in [7, 11) is 0. The molecule has 0 saturated heterocycles. The predicted molar refractivity (Wildman–Crippen MR) is 105 cm³/mol. The summed E-state index contributed by atoms with van der Waals surface area (Å²) in [6.45, 7) is 0.818. The zero-order chi connectivity index (χ0) is 17.9. The number of fused-ring (bicyclic) bond motifs is 1. The summed E-state index contributed by atoms with van der Waals surface area (Å²) in [5, 5.41) is 3.88. The smallest absolute Gasteiger partial charge is 0.267 e. The standard InChI is InChI=1S/C19H15FN2O2S2/c20-14-7-4-8-15-16(14)13(11-24-12-5-2-1-3-6-12)17(26-15)18(23)22-19-21-9-10-25-19/h1-8H,9-11H2,(H,21,22,23). The maximum absolute atomic E-state index is 14.4. The van der Waals surface area contributed by atoms with E-state index in [-0.39, 0.29) is 18.3 Å². The summed E-state index contributed by atoms with van der Waals surface area (Å²) in [6.07, 6.45) is 0. The van der Waals surface area contributed by atoms with Crippen LogP contribution in [0.2, 0.25) is 0 Å². The van der Waals surface area contributed by atoms with E-state index >= 15 is 0 Å². The van der Waals surface area contributed by atoms with E-state index in [1.807, 2.05) is 36.4 Å². The Kier molecular flexibility index (Phi) is 4.90. The Bertz CT molecular complexity index is 986. The molecule has 132 valence electrons. The molecule has 4 rings (SSSR count). The lowest BCUT2D eigenvalue weighted by molar-refractivity contribution is 0.0980. The molecule has 3 aromatic rings. The van der Waals surface area contributed by atoms with Crippen molar-refractivity contribution in [1.29, 1.82) is 0 Å². The number of carbonyl (C=O) groups is 1. The fourth-order valence-electron chi connectivity index (χ4n) is 2.73.